The lowest BCUT2D eigenvalue weighted by atomic mass is 10.3. The number of hydrogen-bond acceptors (Lipinski definition) is 4. The quantitative estimate of drug-likeness (QED) is 0.835. The molecule has 2 aromatic heterocycles. The topological polar surface area (TPSA) is 88.3 Å². The van der Waals surface area contributed by atoms with Crippen LogP contribution in [0, 0.1) is 0 Å². The second-order valence-electron chi connectivity index (χ2n) is 3.99. The minimum Gasteiger partial charge on any atom is -0.483 e. The lowest BCUT2D eigenvalue weighted by molar-refractivity contribution is -0.129. The molecule has 0 atom stereocenters. The van der Waals surface area contributed by atoms with E-state index in [-0.39, 0.29) is 18.9 Å². The van der Waals surface area contributed by atoms with Gasteiger partial charge in [-0.3, -0.25) is 14.6 Å². The molecule has 0 radical (unpaired) electrons. The second-order valence-corrected chi connectivity index (χ2v) is 3.99. The molecule has 7 nitrogen and oxygen atoms in total. The lowest BCUT2D eigenvalue weighted by Crippen LogP contribution is -2.26. The standard InChI is InChI=1S/C12H14N4O.CH2O2/c1-15(2)11(17)9-16-8-7-14-12(16)10-5-3-4-6-13-10;2-1-3/h3-8H,9H2,1-2H3;1H,(H,2,3). The molecule has 1 N–H and O–H groups in total. The van der Waals surface area contributed by atoms with Crippen LogP contribution in [0.2, 0.25) is 0 Å². The van der Waals surface area contributed by atoms with E-state index in [1.807, 2.05) is 18.2 Å². The Kier molecular flexibility index (Phi) is 5.89. The van der Waals surface area contributed by atoms with Crippen LogP contribution in [-0.2, 0) is 16.1 Å². The van der Waals surface area contributed by atoms with Crippen LogP contribution in [-0.4, -0.2) is 51.0 Å². The minimum absolute atomic E-state index is 0.0279. The van der Waals surface area contributed by atoms with E-state index in [9.17, 15) is 4.79 Å². The first-order valence-corrected chi connectivity index (χ1v) is 5.80. The molecule has 7 heteroatoms. The number of aromatic nitrogens is 3. The molecule has 0 aliphatic heterocycles. The third-order valence-corrected chi connectivity index (χ3v) is 2.41. The maximum absolute atomic E-state index is 11.7. The van der Waals surface area contributed by atoms with Gasteiger partial charge < -0.3 is 14.6 Å². The van der Waals surface area contributed by atoms with Gasteiger partial charge in [-0.2, -0.15) is 0 Å². The smallest absolute Gasteiger partial charge is 0.290 e. The van der Waals surface area contributed by atoms with E-state index in [0.717, 1.165) is 5.69 Å². The van der Waals surface area contributed by atoms with Gasteiger partial charge in [0.1, 0.15) is 12.2 Å². The Morgan fingerprint density at radius 3 is 2.60 bits per heavy atom. The van der Waals surface area contributed by atoms with E-state index in [1.54, 1.807) is 42.2 Å². The highest BCUT2D eigenvalue weighted by Gasteiger charge is 2.11. The van der Waals surface area contributed by atoms with Gasteiger partial charge in [0.15, 0.2) is 5.82 Å². The minimum atomic E-state index is -0.250. The van der Waals surface area contributed by atoms with Crippen LogP contribution in [0.3, 0.4) is 0 Å². The molecule has 1 amide bonds. The van der Waals surface area contributed by atoms with Crippen LogP contribution in [0.15, 0.2) is 36.8 Å². The van der Waals surface area contributed by atoms with Crippen molar-refractivity contribution in [1.29, 1.82) is 0 Å². The van der Waals surface area contributed by atoms with E-state index < -0.39 is 0 Å². The molecule has 0 fully saturated rings. The van der Waals surface area contributed by atoms with Crippen molar-refractivity contribution in [1.82, 2.24) is 19.4 Å². The second kappa shape index (κ2) is 7.67. The van der Waals surface area contributed by atoms with Gasteiger partial charge in [0, 0.05) is 32.7 Å². The summed E-state index contributed by atoms with van der Waals surface area (Å²) >= 11 is 0. The first-order chi connectivity index (χ1) is 9.60. The first-order valence-electron chi connectivity index (χ1n) is 5.80. The highest BCUT2D eigenvalue weighted by Crippen LogP contribution is 2.13. The number of hydrogen-bond donors (Lipinski definition) is 1. The number of amides is 1. The monoisotopic (exact) mass is 276 g/mol. The van der Waals surface area contributed by atoms with Crippen molar-refractivity contribution in [3.63, 3.8) is 0 Å². The summed E-state index contributed by atoms with van der Waals surface area (Å²) in [5, 5.41) is 6.89. The van der Waals surface area contributed by atoms with Gasteiger partial charge in [-0.1, -0.05) is 6.07 Å². The summed E-state index contributed by atoms with van der Waals surface area (Å²) in [5.41, 5.74) is 0.768. The highest BCUT2D eigenvalue weighted by molar-refractivity contribution is 5.76. The fourth-order valence-corrected chi connectivity index (χ4v) is 1.45. The van der Waals surface area contributed by atoms with Gasteiger partial charge in [-0.05, 0) is 12.1 Å². The molecular formula is C13H16N4O3. The molecule has 2 rings (SSSR count). The Hall–Kier alpha value is -2.70. The summed E-state index contributed by atoms with van der Waals surface area (Å²) < 4.78 is 1.80. The molecule has 0 aromatic carbocycles. The van der Waals surface area contributed by atoms with Crippen molar-refractivity contribution in [3.8, 4) is 11.5 Å². The first kappa shape index (κ1) is 15.4. The Morgan fingerprint density at radius 1 is 1.35 bits per heavy atom. The molecule has 0 aliphatic rings. The molecule has 106 valence electrons. The molecule has 0 saturated carbocycles. The Labute approximate surface area is 116 Å². The van der Waals surface area contributed by atoms with Gasteiger partial charge in [0.05, 0.1) is 0 Å². The fourth-order valence-electron chi connectivity index (χ4n) is 1.45. The number of likely N-dealkylation sites (N-methyl/N-ethyl adjacent to an activating group) is 1. The van der Waals surface area contributed by atoms with Gasteiger partial charge >= 0.3 is 0 Å². The summed E-state index contributed by atoms with van der Waals surface area (Å²) in [6.45, 7) is 0.0267. The molecule has 2 aromatic rings. The molecule has 0 spiro atoms. The number of carboxylic acid groups (broad SMARTS) is 1. The average molecular weight is 276 g/mol. The maximum Gasteiger partial charge on any atom is 0.290 e. The van der Waals surface area contributed by atoms with Crippen molar-refractivity contribution in [2.24, 2.45) is 0 Å². The van der Waals surface area contributed by atoms with Crippen molar-refractivity contribution >= 4 is 12.4 Å². The average Bonchev–Trinajstić information content (AvgIpc) is 2.88. The number of rotatable bonds is 3. The fraction of sp³-hybridized carbons (Fsp3) is 0.231. The summed E-state index contributed by atoms with van der Waals surface area (Å²) in [4.78, 5) is 30.0. The van der Waals surface area contributed by atoms with Gasteiger partial charge in [-0.25, -0.2) is 4.98 Å². The predicted octanol–water partition coefficient (Wildman–Crippen LogP) is 0.734. The molecule has 0 aliphatic carbocycles. The largest absolute Gasteiger partial charge is 0.483 e. The van der Waals surface area contributed by atoms with E-state index in [2.05, 4.69) is 9.97 Å². The number of carbonyl (C=O) groups is 2. The van der Waals surface area contributed by atoms with Crippen LogP contribution < -0.4 is 0 Å². The third kappa shape index (κ3) is 4.20. The van der Waals surface area contributed by atoms with Crippen LogP contribution in [0.25, 0.3) is 11.5 Å². The molecule has 20 heavy (non-hydrogen) atoms. The summed E-state index contributed by atoms with van der Waals surface area (Å²) in [6.07, 6.45) is 5.17. The highest BCUT2D eigenvalue weighted by atomic mass is 16.3. The maximum atomic E-state index is 11.7. The third-order valence-electron chi connectivity index (χ3n) is 2.41. The summed E-state index contributed by atoms with van der Waals surface area (Å²) in [6, 6.07) is 5.62. The number of carbonyl (C=O) groups excluding carboxylic acids is 1. The summed E-state index contributed by atoms with van der Waals surface area (Å²) in [7, 11) is 3.47. The van der Waals surface area contributed by atoms with E-state index >= 15 is 0 Å². The molecule has 0 unspecified atom stereocenters. The molecule has 0 bridgehead atoms. The van der Waals surface area contributed by atoms with E-state index in [0.29, 0.717) is 5.82 Å². The van der Waals surface area contributed by atoms with Gasteiger partial charge in [-0.15, -0.1) is 0 Å². The zero-order chi connectivity index (χ0) is 15.0. The normalized spacial score (nSPS) is 9.30. The zero-order valence-electron chi connectivity index (χ0n) is 11.3. The summed E-state index contributed by atoms with van der Waals surface area (Å²) in [5.74, 6) is 0.737. The molecule has 2 heterocycles. The van der Waals surface area contributed by atoms with Gasteiger partial charge in [0.2, 0.25) is 5.91 Å². The lowest BCUT2D eigenvalue weighted by Gasteiger charge is -2.12. The van der Waals surface area contributed by atoms with Crippen LogP contribution in [0.5, 0.6) is 0 Å². The van der Waals surface area contributed by atoms with E-state index in [1.165, 1.54) is 0 Å². The van der Waals surface area contributed by atoms with Crippen LogP contribution in [0.1, 0.15) is 0 Å². The zero-order valence-corrected chi connectivity index (χ0v) is 11.3. The predicted molar refractivity (Wildman–Crippen MR) is 72.8 cm³/mol. The van der Waals surface area contributed by atoms with Crippen LogP contribution in [0.4, 0.5) is 0 Å². The molecule has 0 saturated heterocycles. The Morgan fingerprint density at radius 2 is 2.05 bits per heavy atom. The molecular weight excluding hydrogens is 260 g/mol. The SMILES string of the molecule is CN(C)C(=O)Cn1ccnc1-c1ccccn1.O=CO. The number of nitrogens with zero attached hydrogens (tertiary/aromatic N) is 4. The van der Waals surface area contributed by atoms with Crippen LogP contribution >= 0.6 is 0 Å². The Bertz CT molecular complexity index is 552. The Balaban J connectivity index is 0.000000612. The van der Waals surface area contributed by atoms with Crippen molar-refractivity contribution < 1.29 is 14.7 Å². The van der Waals surface area contributed by atoms with E-state index in [4.69, 9.17) is 9.90 Å². The van der Waals surface area contributed by atoms with Crippen molar-refractivity contribution in [3.05, 3.63) is 36.8 Å². The number of pyridine rings is 1. The van der Waals surface area contributed by atoms with Gasteiger partial charge in [0.25, 0.3) is 6.47 Å². The van der Waals surface area contributed by atoms with Crippen molar-refractivity contribution in [2.75, 3.05) is 14.1 Å². The van der Waals surface area contributed by atoms with Crippen molar-refractivity contribution in [2.45, 2.75) is 6.54 Å². The number of imidazole rings is 1.